The van der Waals surface area contributed by atoms with Crippen molar-refractivity contribution < 1.29 is 23.2 Å². The number of hydrogen-bond acceptors (Lipinski definition) is 4. The van der Waals surface area contributed by atoms with Gasteiger partial charge in [-0.25, -0.2) is 18.5 Å². The molecule has 0 bridgehead atoms. The van der Waals surface area contributed by atoms with Crippen molar-refractivity contribution in [2.24, 2.45) is 0 Å². The molecule has 0 aromatic heterocycles. The molecule has 1 fully saturated rings. The first-order chi connectivity index (χ1) is 16.0. The van der Waals surface area contributed by atoms with Crippen molar-refractivity contribution in [3.8, 4) is 0 Å². The van der Waals surface area contributed by atoms with Crippen molar-refractivity contribution in [3.05, 3.63) is 64.7 Å². The molecule has 1 unspecified atom stereocenters. The Labute approximate surface area is 197 Å². The number of nitrogens with zero attached hydrogens (tertiary/aromatic N) is 2. The molecule has 1 atom stereocenters. The van der Waals surface area contributed by atoms with Gasteiger partial charge < -0.3 is 4.90 Å². The normalized spacial score (nSPS) is 21.1. The Morgan fingerprint density at radius 2 is 1.79 bits per heavy atom. The van der Waals surface area contributed by atoms with Crippen molar-refractivity contribution >= 4 is 35.3 Å². The maximum absolute atomic E-state index is 15.3. The third-order valence-electron chi connectivity index (χ3n) is 6.45. The second-order valence-electron chi connectivity index (χ2n) is 9.41. The van der Waals surface area contributed by atoms with E-state index in [-0.39, 0.29) is 22.7 Å². The highest BCUT2D eigenvalue weighted by Crippen LogP contribution is 2.44. The summed E-state index contributed by atoms with van der Waals surface area (Å²) in [5, 5.41) is 2.04. The van der Waals surface area contributed by atoms with Gasteiger partial charge >= 0.3 is 6.03 Å². The number of urea groups is 1. The number of rotatable bonds is 4. The van der Waals surface area contributed by atoms with Crippen molar-refractivity contribution in [3.63, 3.8) is 0 Å². The fourth-order valence-electron chi connectivity index (χ4n) is 4.94. The van der Waals surface area contributed by atoms with Crippen molar-refractivity contribution in [1.82, 2.24) is 5.32 Å². The van der Waals surface area contributed by atoms with Crippen LogP contribution in [0.25, 0.3) is 6.08 Å². The number of barbiturate groups is 1. The number of nitrogens with one attached hydrogen (secondary N) is 1. The van der Waals surface area contributed by atoms with E-state index in [2.05, 4.69) is 32.6 Å². The zero-order valence-electron chi connectivity index (χ0n) is 19.6. The van der Waals surface area contributed by atoms with Crippen LogP contribution in [0.1, 0.15) is 57.6 Å². The number of halogens is 2. The molecule has 34 heavy (non-hydrogen) atoms. The van der Waals surface area contributed by atoms with Crippen LogP contribution < -0.4 is 15.1 Å². The van der Waals surface area contributed by atoms with E-state index in [9.17, 15) is 18.8 Å². The molecular formula is C26H27F2N3O3. The molecule has 2 aliphatic heterocycles. The van der Waals surface area contributed by atoms with Gasteiger partial charge in [0.05, 0.1) is 5.69 Å². The SMILES string of the molecule is CCCN1c2cc(F)c(/C=C3/C(=O)NC(=O)N(c4ccccc4F)C3=O)cc2C(C)CC1(C)C. The van der Waals surface area contributed by atoms with E-state index >= 15 is 4.39 Å². The van der Waals surface area contributed by atoms with Gasteiger partial charge in [0.25, 0.3) is 11.8 Å². The maximum Gasteiger partial charge on any atom is 0.336 e. The number of para-hydroxylation sites is 1. The van der Waals surface area contributed by atoms with E-state index < -0.39 is 35.1 Å². The van der Waals surface area contributed by atoms with Gasteiger partial charge in [0.2, 0.25) is 0 Å². The lowest BCUT2D eigenvalue weighted by atomic mass is 9.79. The number of carbonyl (C=O) groups is 3. The number of benzene rings is 2. The Morgan fingerprint density at radius 3 is 2.47 bits per heavy atom. The number of anilines is 2. The molecule has 0 aliphatic carbocycles. The molecule has 4 rings (SSSR count). The van der Waals surface area contributed by atoms with E-state index in [1.807, 2.05) is 5.32 Å². The minimum absolute atomic E-state index is 0.0584. The van der Waals surface area contributed by atoms with E-state index in [0.717, 1.165) is 42.8 Å². The van der Waals surface area contributed by atoms with Crippen LogP contribution in [0.2, 0.25) is 0 Å². The average molecular weight is 468 g/mol. The summed E-state index contributed by atoms with van der Waals surface area (Å²) in [5.74, 6) is -3.23. The maximum atomic E-state index is 15.3. The van der Waals surface area contributed by atoms with Crippen LogP contribution in [-0.2, 0) is 9.59 Å². The topological polar surface area (TPSA) is 69.7 Å². The van der Waals surface area contributed by atoms with Gasteiger partial charge in [0.15, 0.2) is 0 Å². The smallest absolute Gasteiger partial charge is 0.336 e. The minimum Gasteiger partial charge on any atom is -0.366 e. The fraction of sp³-hybridized carbons (Fsp3) is 0.346. The molecule has 2 aromatic rings. The number of amides is 4. The van der Waals surface area contributed by atoms with Gasteiger partial charge in [0, 0.05) is 23.3 Å². The summed E-state index contributed by atoms with van der Waals surface area (Å²) in [6.45, 7) is 9.17. The van der Waals surface area contributed by atoms with Crippen LogP contribution >= 0.6 is 0 Å². The van der Waals surface area contributed by atoms with E-state index in [0.29, 0.717) is 4.90 Å². The van der Waals surface area contributed by atoms with E-state index in [1.54, 1.807) is 6.07 Å². The van der Waals surface area contributed by atoms with Crippen molar-refractivity contribution in [2.45, 2.75) is 52.0 Å². The molecule has 4 amide bonds. The highest BCUT2D eigenvalue weighted by atomic mass is 19.1. The van der Waals surface area contributed by atoms with Gasteiger partial charge in [-0.15, -0.1) is 0 Å². The average Bonchev–Trinajstić information content (AvgIpc) is 2.75. The van der Waals surface area contributed by atoms with E-state index in [4.69, 9.17) is 0 Å². The first-order valence-corrected chi connectivity index (χ1v) is 11.3. The lowest BCUT2D eigenvalue weighted by Gasteiger charge is -2.47. The first kappa shape index (κ1) is 23.6. The van der Waals surface area contributed by atoms with Crippen LogP contribution in [0.4, 0.5) is 25.0 Å². The summed E-state index contributed by atoms with van der Waals surface area (Å²) in [5.41, 5.74) is 0.897. The predicted octanol–water partition coefficient (Wildman–Crippen LogP) is 5.13. The second-order valence-corrected chi connectivity index (χ2v) is 9.41. The predicted molar refractivity (Wildman–Crippen MR) is 127 cm³/mol. The summed E-state index contributed by atoms with van der Waals surface area (Å²) in [7, 11) is 0. The van der Waals surface area contributed by atoms with Crippen molar-refractivity contribution in [2.75, 3.05) is 16.3 Å². The Bertz CT molecular complexity index is 1220. The Kier molecular flexibility index (Phi) is 6.02. The molecule has 1 saturated heterocycles. The highest BCUT2D eigenvalue weighted by molar-refractivity contribution is 6.39. The quantitative estimate of drug-likeness (QED) is 0.500. The zero-order valence-corrected chi connectivity index (χ0v) is 19.6. The number of hydrogen-bond donors (Lipinski definition) is 1. The van der Waals surface area contributed by atoms with Crippen LogP contribution in [0, 0.1) is 11.6 Å². The summed E-state index contributed by atoms with van der Waals surface area (Å²) in [6, 6.07) is 7.28. The van der Waals surface area contributed by atoms with Gasteiger partial charge in [-0.2, -0.15) is 0 Å². The summed E-state index contributed by atoms with van der Waals surface area (Å²) in [4.78, 5) is 40.6. The molecule has 0 saturated carbocycles. The molecule has 2 heterocycles. The fourth-order valence-corrected chi connectivity index (χ4v) is 4.94. The van der Waals surface area contributed by atoms with Crippen molar-refractivity contribution in [1.29, 1.82) is 0 Å². The summed E-state index contributed by atoms with van der Waals surface area (Å²) >= 11 is 0. The third kappa shape index (κ3) is 3.97. The molecular weight excluding hydrogens is 440 g/mol. The molecule has 2 aliphatic rings. The monoisotopic (exact) mass is 467 g/mol. The second kappa shape index (κ2) is 8.66. The van der Waals surface area contributed by atoms with Gasteiger partial charge in [0.1, 0.15) is 17.2 Å². The van der Waals surface area contributed by atoms with Gasteiger partial charge in [-0.3, -0.25) is 14.9 Å². The van der Waals surface area contributed by atoms with Crippen LogP contribution in [0.5, 0.6) is 0 Å². The summed E-state index contributed by atoms with van der Waals surface area (Å²) in [6.07, 6.45) is 2.89. The Hall–Kier alpha value is -3.55. The zero-order chi connectivity index (χ0) is 24.8. The van der Waals surface area contributed by atoms with Crippen LogP contribution in [0.3, 0.4) is 0 Å². The Morgan fingerprint density at radius 1 is 1.09 bits per heavy atom. The molecule has 0 radical (unpaired) electrons. The standard InChI is InChI=1S/C26H27F2N3O3/c1-5-10-30-22-13-20(28)16(11-17(22)15(2)14-26(30,3)4)12-18-23(32)29-25(34)31(24(18)33)21-9-7-6-8-19(21)27/h6-9,11-13,15H,5,10,14H2,1-4H3,(H,29,32,34)/b18-12-. The number of fused-ring (bicyclic) bond motifs is 1. The number of carbonyl (C=O) groups excluding carboxylic acids is 3. The minimum atomic E-state index is -1.06. The molecule has 1 N–H and O–H groups in total. The first-order valence-electron chi connectivity index (χ1n) is 11.3. The van der Waals surface area contributed by atoms with Crippen LogP contribution in [0.15, 0.2) is 42.0 Å². The molecule has 0 spiro atoms. The third-order valence-corrected chi connectivity index (χ3v) is 6.45. The summed E-state index contributed by atoms with van der Waals surface area (Å²) < 4.78 is 29.6. The molecule has 2 aromatic carbocycles. The lowest BCUT2D eigenvalue weighted by molar-refractivity contribution is -0.122. The lowest BCUT2D eigenvalue weighted by Crippen LogP contribution is -2.54. The highest BCUT2D eigenvalue weighted by Gasteiger charge is 2.39. The van der Waals surface area contributed by atoms with Crippen LogP contribution in [-0.4, -0.2) is 29.9 Å². The Balaban J connectivity index is 1.79. The molecule has 6 nitrogen and oxygen atoms in total. The largest absolute Gasteiger partial charge is 0.366 e. The van der Waals surface area contributed by atoms with E-state index in [1.165, 1.54) is 24.3 Å². The molecule has 178 valence electrons. The van der Waals surface area contributed by atoms with Gasteiger partial charge in [-0.05, 0) is 68.5 Å². The van der Waals surface area contributed by atoms with Gasteiger partial charge in [-0.1, -0.05) is 26.0 Å². The molecule has 8 heteroatoms. The number of imide groups is 2.